The molecule has 0 unspecified atom stereocenters. The Hall–Kier alpha value is -1.89. The third kappa shape index (κ3) is 5.04. The number of hydrogen-bond donors (Lipinski definition) is 2. The van der Waals surface area contributed by atoms with Crippen LogP contribution in [0.4, 0.5) is 11.6 Å². The second-order valence-corrected chi connectivity index (χ2v) is 7.43. The van der Waals surface area contributed by atoms with Crippen LogP contribution in [0.2, 0.25) is 0 Å². The SMILES string of the molecule is CC(C)[C@H]1OCCC[C@H]1Nc1cc(N(C)CC(=O)NC2CC2)ncn1. The second-order valence-electron chi connectivity index (χ2n) is 7.43. The summed E-state index contributed by atoms with van der Waals surface area (Å²) < 4.78 is 5.93. The summed E-state index contributed by atoms with van der Waals surface area (Å²) in [4.78, 5) is 22.5. The van der Waals surface area contributed by atoms with Crippen LogP contribution in [0.1, 0.15) is 39.5 Å². The number of aromatic nitrogens is 2. The zero-order valence-corrected chi connectivity index (χ0v) is 15.4. The molecule has 0 aromatic carbocycles. The standard InChI is InChI=1S/C18H29N5O2/c1-12(2)18-14(5-4-8-25-18)22-15-9-16(20-11-19-15)23(3)10-17(24)21-13-6-7-13/h9,11-14,18H,4-8,10H2,1-3H3,(H,21,24)(H,19,20,22)/t14-,18-/m1/s1. The molecule has 2 N–H and O–H groups in total. The Balaban J connectivity index is 1.60. The first kappa shape index (κ1) is 17.9. The fourth-order valence-corrected chi connectivity index (χ4v) is 3.24. The van der Waals surface area contributed by atoms with Crippen molar-refractivity contribution in [2.75, 3.05) is 30.4 Å². The van der Waals surface area contributed by atoms with Gasteiger partial charge in [0.15, 0.2) is 0 Å². The number of nitrogens with zero attached hydrogens (tertiary/aromatic N) is 3. The van der Waals surface area contributed by atoms with Gasteiger partial charge in [-0.25, -0.2) is 9.97 Å². The molecule has 0 spiro atoms. The van der Waals surface area contributed by atoms with Gasteiger partial charge in [0.05, 0.1) is 18.7 Å². The van der Waals surface area contributed by atoms with Crippen LogP contribution in [0, 0.1) is 5.92 Å². The van der Waals surface area contributed by atoms with Gasteiger partial charge < -0.3 is 20.3 Å². The van der Waals surface area contributed by atoms with Crippen LogP contribution in [0.3, 0.4) is 0 Å². The van der Waals surface area contributed by atoms with Crippen molar-refractivity contribution < 1.29 is 9.53 Å². The summed E-state index contributed by atoms with van der Waals surface area (Å²) in [7, 11) is 1.87. The molecular formula is C18H29N5O2. The molecular weight excluding hydrogens is 318 g/mol. The zero-order valence-electron chi connectivity index (χ0n) is 15.4. The lowest BCUT2D eigenvalue weighted by Gasteiger charge is -2.35. The summed E-state index contributed by atoms with van der Waals surface area (Å²) in [5.74, 6) is 2.01. The van der Waals surface area contributed by atoms with Crippen molar-refractivity contribution in [3.8, 4) is 0 Å². The fraction of sp³-hybridized carbons (Fsp3) is 0.722. The number of ether oxygens (including phenoxy) is 1. The lowest BCUT2D eigenvalue weighted by atomic mass is 9.94. The molecule has 3 rings (SSSR count). The molecule has 1 amide bonds. The van der Waals surface area contributed by atoms with Crippen LogP contribution in [-0.2, 0) is 9.53 Å². The van der Waals surface area contributed by atoms with Gasteiger partial charge in [0.2, 0.25) is 5.91 Å². The maximum Gasteiger partial charge on any atom is 0.239 e. The van der Waals surface area contributed by atoms with Gasteiger partial charge >= 0.3 is 0 Å². The van der Waals surface area contributed by atoms with E-state index < -0.39 is 0 Å². The van der Waals surface area contributed by atoms with Crippen molar-refractivity contribution in [2.45, 2.75) is 57.7 Å². The fourth-order valence-electron chi connectivity index (χ4n) is 3.24. The molecule has 1 saturated heterocycles. The number of anilines is 2. The number of hydrogen-bond acceptors (Lipinski definition) is 6. The quantitative estimate of drug-likeness (QED) is 0.783. The van der Waals surface area contributed by atoms with Crippen molar-refractivity contribution in [1.29, 1.82) is 0 Å². The minimum Gasteiger partial charge on any atom is -0.376 e. The van der Waals surface area contributed by atoms with Crippen LogP contribution in [0.15, 0.2) is 12.4 Å². The summed E-state index contributed by atoms with van der Waals surface area (Å²) in [5.41, 5.74) is 0. The van der Waals surface area contributed by atoms with E-state index in [0.29, 0.717) is 18.5 Å². The normalized spacial score (nSPS) is 23.4. The van der Waals surface area contributed by atoms with Gasteiger partial charge in [-0.2, -0.15) is 0 Å². The number of likely N-dealkylation sites (N-methyl/N-ethyl adjacent to an activating group) is 1. The lowest BCUT2D eigenvalue weighted by Crippen LogP contribution is -2.43. The average molecular weight is 347 g/mol. The molecule has 7 nitrogen and oxygen atoms in total. The van der Waals surface area contributed by atoms with E-state index in [1.54, 1.807) is 6.33 Å². The van der Waals surface area contributed by atoms with E-state index in [0.717, 1.165) is 43.9 Å². The van der Waals surface area contributed by atoms with Crippen molar-refractivity contribution >= 4 is 17.5 Å². The highest BCUT2D eigenvalue weighted by molar-refractivity contribution is 5.81. The van der Waals surface area contributed by atoms with Gasteiger partial charge in [-0.1, -0.05) is 13.8 Å². The number of rotatable bonds is 7. The van der Waals surface area contributed by atoms with Crippen molar-refractivity contribution in [2.24, 2.45) is 5.92 Å². The van der Waals surface area contributed by atoms with Crippen molar-refractivity contribution in [1.82, 2.24) is 15.3 Å². The summed E-state index contributed by atoms with van der Waals surface area (Å²) in [6.45, 7) is 5.49. The Morgan fingerprint density at radius 2 is 2.16 bits per heavy atom. The maximum absolute atomic E-state index is 12.0. The van der Waals surface area contributed by atoms with Gasteiger partial charge in [-0.3, -0.25) is 4.79 Å². The van der Waals surface area contributed by atoms with Gasteiger partial charge in [0, 0.05) is 25.8 Å². The zero-order chi connectivity index (χ0) is 17.8. The van der Waals surface area contributed by atoms with Gasteiger partial charge in [-0.05, 0) is 31.6 Å². The summed E-state index contributed by atoms with van der Waals surface area (Å²) in [6.07, 6.45) is 6.05. The molecule has 2 heterocycles. The van der Waals surface area contributed by atoms with Gasteiger partial charge in [0.1, 0.15) is 18.0 Å². The van der Waals surface area contributed by atoms with E-state index in [9.17, 15) is 4.79 Å². The molecule has 2 fully saturated rings. The van der Waals surface area contributed by atoms with E-state index >= 15 is 0 Å². The summed E-state index contributed by atoms with van der Waals surface area (Å²) >= 11 is 0. The van der Waals surface area contributed by atoms with Crippen LogP contribution in [0.5, 0.6) is 0 Å². The van der Waals surface area contributed by atoms with E-state index in [4.69, 9.17) is 4.74 Å². The first-order valence-electron chi connectivity index (χ1n) is 9.23. The first-order chi connectivity index (χ1) is 12.0. The molecule has 7 heteroatoms. The number of amides is 1. The molecule has 1 aromatic rings. The Morgan fingerprint density at radius 1 is 1.36 bits per heavy atom. The minimum absolute atomic E-state index is 0.0404. The van der Waals surface area contributed by atoms with Gasteiger partial charge in [-0.15, -0.1) is 0 Å². The molecule has 138 valence electrons. The smallest absolute Gasteiger partial charge is 0.239 e. The largest absolute Gasteiger partial charge is 0.376 e. The highest BCUT2D eigenvalue weighted by Gasteiger charge is 2.29. The van der Waals surface area contributed by atoms with Crippen LogP contribution in [-0.4, -0.2) is 54.3 Å². The Kier molecular flexibility index (Phi) is 5.73. The maximum atomic E-state index is 12.0. The van der Waals surface area contributed by atoms with Crippen LogP contribution in [0.25, 0.3) is 0 Å². The molecule has 25 heavy (non-hydrogen) atoms. The molecule has 1 saturated carbocycles. The van der Waals surface area contributed by atoms with E-state index in [2.05, 4.69) is 34.4 Å². The number of carbonyl (C=O) groups is 1. The predicted octanol–water partition coefficient (Wildman–Crippen LogP) is 1.81. The first-order valence-corrected chi connectivity index (χ1v) is 9.23. The minimum atomic E-state index is 0.0404. The van der Waals surface area contributed by atoms with Crippen molar-refractivity contribution in [3.63, 3.8) is 0 Å². The summed E-state index contributed by atoms with van der Waals surface area (Å²) in [5, 5.41) is 6.50. The summed E-state index contributed by atoms with van der Waals surface area (Å²) in [6, 6.07) is 2.53. The van der Waals surface area contributed by atoms with E-state index in [1.807, 2.05) is 18.0 Å². The lowest BCUT2D eigenvalue weighted by molar-refractivity contribution is -0.119. The Bertz CT molecular complexity index is 591. The van der Waals surface area contributed by atoms with E-state index in [-0.39, 0.29) is 18.1 Å². The highest BCUT2D eigenvalue weighted by Crippen LogP contribution is 2.24. The predicted molar refractivity (Wildman–Crippen MR) is 97.7 cm³/mol. The molecule has 0 radical (unpaired) electrons. The average Bonchev–Trinajstić information content (AvgIpc) is 3.39. The molecule has 2 atom stereocenters. The number of nitrogens with one attached hydrogen (secondary N) is 2. The second kappa shape index (κ2) is 7.99. The Morgan fingerprint density at radius 3 is 2.88 bits per heavy atom. The van der Waals surface area contributed by atoms with E-state index in [1.165, 1.54) is 0 Å². The molecule has 1 aliphatic carbocycles. The highest BCUT2D eigenvalue weighted by atomic mass is 16.5. The third-order valence-electron chi connectivity index (χ3n) is 4.72. The molecule has 1 aliphatic heterocycles. The van der Waals surface area contributed by atoms with Crippen LogP contribution >= 0.6 is 0 Å². The van der Waals surface area contributed by atoms with Crippen molar-refractivity contribution in [3.05, 3.63) is 12.4 Å². The topological polar surface area (TPSA) is 79.4 Å². The monoisotopic (exact) mass is 347 g/mol. The van der Waals surface area contributed by atoms with Gasteiger partial charge in [0.25, 0.3) is 0 Å². The molecule has 2 aliphatic rings. The Labute approximate surface area is 149 Å². The number of carbonyl (C=O) groups excluding carboxylic acids is 1. The molecule has 1 aromatic heterocycles. The third-order valence-corrected chi connectivity index (χ3v) is 4.72. The molecule has 0 bridgehead atoms. The van der Waals surface area contributed by atoms with Crippen LogP contribution < -0.4 is 15.5 Å².